The molecule has 2 atom stereocenters. The molecular weight excluding hydrogens is 438 g/mol. The summed E-state index contributed by atoms with van der Waals surface area (Å²) in [6.07, 6.45) is 3.20. The number of benzene rings is 2. The Morgan fingerprint density at radius 2 is 1.82 bits per heavy atom. The molecule has 9 heteroatoms. The van der Waals surface area contributed by atoms with Gasteiger partial charge in [-0.05, 0) is 70.7 Å². The summed E-state index contributed by atoms with van der Waals surface area (Å²) in [4.78, 5) is 2.39. The molecule has 3 aromatic rings. The van der Waals surface area contributed by atoms with Crippen LogP contribution >= 0.6 is 12.2 Å². The molecule has 2 aromatic carbocycles. The van der Waals surface area contributed by atoms with Gasteiger partial charge in [0.25, 0.3) is 0 Å². The lowest BCUT2D eigenvalue weighted by Gasteiger charge is -2.37. The Bertz CT molecular complexity index is 1160. The number of ether oxygens (including phenoxy) is 3. The molecule has 1 saturated heterocycles. The van der Waals surface area contributed by atoms with E-state index >= 15 is 0 Å². The Labute approximate surface area is 198 Å². The van der Waals surface area contributed by atoms with Gasteiger partial charge in [-0.3, -0.25) is 4.90 Å². The maximum absolute atomic E-state index is 5.75. The number of tetrazole rings is 1. The van der Waals surface area contributed by atoms with Crippen molar-refractivity contribution < 1.29 is 14.2 Å². The van der Waals surface area contributed by atoms with Crippen molar-refractivity contribution in [1.29, 1.82) is 0 Å². The van der Waals surface area contributed by atoms with Gasteiger partial charge in [-0.2, -0.15) is 0 Å². The van der Waals surface area contributed by atoms with Crippen molar-refractivity contribution >= 4 is 12.2 Å². The Morgan fingerprint density at radius 3 is 2.55 bits per heavy atom. The van der Waals surface area contributed by atoms with Crippen molar-refractivity contribution in [3.8, 4) is 11.5 Å². The molecule has 174 valence electrons. The maximum atomic E-state index is 5.75. The minimum atomic E-state index is 0.0416. The topological polar surface area (TPSA) is 66.6 Å². The molecule has 1 fully saturated rings. The lowest BCUT2D eigenvalue weighted by atomic mass is 9.88. The van der Waals surface area contributed by atoms with E-state index in [4.69, 9.17) is 26.4 Å². The lowest BCUT2D eigenvalue weighted by molar-refractivity contribution is 0.0929. The second-order valence-electron chi connectivity index (χ2n) is 8.50. The highest BCUT2D eigenvalue weighted by Crippen LogP contribution is 2.41. The summed E-state index contributed by atoms with van der Waals surface area (Å²) < 4.78 is 21.1. The first-order valence-electron chi connectivity index (χ1n) is 11.3. The van der Waals surface area contributed by atoms with E-state index in [1.54, 1.807) is 18.9 Å². The number of rotatable bonds is 7. The minimum absolute atomic E-state index is 0.0416. The van der Waals surface area contributed by atoms with Crippen LogP contribution in [0.2, 0.25) is 0 Å². The van der Waals surface area contributed by atoms with Crippen molar-refractivity contribution in [2.24, 2.45) is 0 Å². The van der Waals surface area contributed by atoms with Gasteiger partial charge in [-0.1, -0.05) is 30.3 Å². The number of fused-ring (bicyclic) bond motifs is 1. The molecule has 0 spiro atoms. The molecule has 5 rings (SSSR count). The summed E-state index contributed by atoms with van der Waals surface area (Å²) in [5.41, 5.74) is 3.69. The fraction of sp³-hybridized carbons (Fsp3) is 0.458. The highest BCUT2D eigenvalue weighted by molar-refractivity contribution is 7.71. The van der Waals surface area contributed by atoms with Crippen LogP contribution in [0.15, 0.2) is 42.5 Å². The van der Waals surface area contributed by atoms with E-state index < -0.39 is 0 Å². The van der Waals surface area contributed by atoms with E-state index in [0.717, 1.165) is 43.9 Å². The van der Waals surface area contributed by atoms with Crippen molar-refractivity contribution in [1.82, 2.24) is 24.7 Å². The molecule has 33 heavy (non-hydrogen) atoms. The van der Waals surface area contributed by atoms with Crippen LogP contribution in [-0.4, -0.2) is 58.2 Å². The number of hydrogen-bond donors (Lipinski definition) is 0. The SMILES string of the molecule is COc1cc2c(cc1OC)[C@H](c1ccccc1)N(Cn1nnn(C[C@H]3CCCO3)c1=S)CC2. The summed E-state index contributed by atoms with van der Waals surface area (Å²) in [7, 11) is 3.35. The van der Waals surface area contributed by atoms with Crippen LogP contribution in [0.3, 0.4) is 0 Å². The Hall–Kier alpha value is -2.75. The Balaban J connectivity index is 1.48. The quantitative estimate of drug-likeness (QED) is 0.492. The van der Waals surface area contributed by atoms with Crippen LogP contribution in [0.1, 0.15) is 35.6 Å². The molecule has 1 aromatic heterocycles. The van der Waals surface area contributed by atoms with Gasteiger partial charge in [-0.25, -0.2) is 9.36 Å². The van der Waals surface area contributed by atoms with Gasteiger partial charge < -0.3 is 14.2 Å². The molecule has 0 radical (unpaired) electrons. The molecule has 0 N–H and O–H groups in total. The second kappa shape index (κ2) is 9.62. The van der Waals surface area contributed by atoms with E-state index in [1.165, 1.54) is 16.7 Å². The van der Waals surface area contributed by atoms with E-state index in [2.05, 4.69) is 51.7 Å². The Kier molecular flexibility index (Phi) is 6.43. The third-order valence-corrected chi connectivity index (χ3v) is 6.92. The van der Waals surface area contributed by atoms with Crippen LogP contribution < -0.4 is 9.47 Å². The third-order valence-electron chi connectivity index (χ3n) is 6.50. The van der Waals surface area contributed by atoms with Crippen LogP contribution in [0, 0.1) is 4.77 Å². The van der Waals surface area contributed by atoms with Gasteiger partial charge in [0.15, 0.2) is 11.5 Å². The molecule has 3 heterocycles. The average molecular weight is 468 g/mol. The van der Waals surface area contributed by atoms with Gasteiger partial charge >= 0.3 is 0 Å². The number of hydrogen-bond acceptors (Lipinski definition) is 7. The van der Waals surface area contributed by atoms with Gasteiger partial charge in [0.2, 0.25) is 4.77 Å². The standard InChI is InChI=1S/C24H29N5O3S/c1-30-21-13-18-10-11-27(16-29-24(33)28(25-26-29)15-19-9-6-12-32-19)23(17-7-4-3-5-8-17)20(18)14-22(21)31-2/h3-5,7-8,13-14,19,23H,6,9-12,15-16H2,1-2H3/t19-,23+/m1/s1. The monoisotopic (exact) mass is 467 g/mol. The molecule has 2 aliphatic heterocycles. The largest absolute Gasteiger partial charge is 0.493 e. The predicted molar refractivity (Wildman–Crippen MR) is 126 cm³/mol. The first-order chi connectivity index (χ1) is 16.2. The highest BCUT2D eigenvalue weighted by atomic mass is 32.1. The molecule has 0 unspecified atom stereocenters. The van der Waals surface area contributed by atoms with Gasteiger partial charge in [0.05, 0.1) is 39.6 Å². The highest BCUT2D eigenvalue weighted by Gasteiger charge is 2.31. The minimum Gasteiger partial charge on any atom is -0.493 e. The third kappa shape index (κ3) is 4.40. The zero-order valence-electron chi connectivity index (χ0n) is 19.0. The molecule has 0 bridgehead atoms. The molecule has 8 nitrogen and oxygen atoms in total. The second-order valence-corrected chi connectivity index (χ2v) is 8.87. The predicted octanol–water partition coefficient (Wildman–Crippen LogP) is 3.61. The summed E-state index contributed by atoms with van der Waals surface area (Å²) >= 11 is 5.72. The zero-order valence-corrected chi connectivity index (χ0v) is 19.8. The molecule has 0 aliphatic carbocycles. The fourth-order valence-electron chi connectivity index (χ4n) is 4.84. The van der Waals surface area contributed by atoms with E-state index in [-0.39, 0.29) is 12.1 Å². The number of methoxy groups -OCH3 is 2. The van der Waals surface area contributed by atoms with Crippen molar-refractivity contribution in [3.05, 3.63) is 63.9 Å². The molecule has 2 aliphatic rings. The summed E-state index contributed by atoms with van der Waals surface area (Å²) in [5, 5.41) is 8.70. The fourth-order valence-corrected chi connectivity index (χ4v) is 5.04. The molecule has 0 saturated carbocycles. The van der Waals surface area contributed by atoms with Crippen LogP contribution in [0.5, 0.6) is 11.5 Å². The Morgan fingerprint density at radius 1 is 1.06 bits per heavy atom. The summed E-state index contributed by atoms with van der Waals surface area (Å²) in [6, 6.07) is 14.8. The number of nitrogens with zero attached hydrogens (tertiary/aromatic N) is 5. The first-order valence-corrected chi connectivity index (χ1v) is 11.7. The normalized spacial score (nSPS) is 20.5. The van der Waals surface area contributed by atoms with Gasteiger partial charge in [0, 0.05) is 13.2 Å². The van der Waals surface area contributed by atoms with Crippen molar-refractivity contribution in [3.63, 3.8) is 0 Å². The summed E-state index contributed by atoms with van der Waals surface area (Å²) in [5.74, 6) is 1.49. The zero-order chi connectivity index (χ0) is 22.8. The maximum Gasteiger partial charge on any atom is 0.217 e. The van der Waals surface area contributed by atoms with E-state index in [9.17, 15) is 0 Å². The van der Waals surface area contributed by atoms with Crippen LogP contribution in [0.4, 0.5) is 0 Å². The van der Waals surface area contributed by atoms with Crippen molar-refractivity contribution in [2.75, 3.05) is 27.4 Å². The van der Waals surface area contributed by atoms with Crippen LogP contribution in [-0.2, 0) is 24.4 Å². The first kappa shape index (κ1) is 22.1. The number of aromatic nitrogens is 4. The van der Waals surface area contributed by atoms with Crippen LogP contribution in [0.25, 0.3) is 0 Å². The van der Waals surface area contributed by atoms with Crippen molar-refractivity contribution in [2.45, 2.75) is 44.6 Å². The summed E-state index contributed by atoms with van der Waals surface area (Å²) in [6.45, 7) is 2.88. The average Bonchev–Trinajstić information content (AvgIpc) is 3.49. The molecular formula is C24H29N5O3S. The van der Waals surface area contributed by atoms with Gasteiger partial charge in [0.1, 0.15) is 0 Å². The molecule has 0 amide bonds. The van der Waals surface area contributed by atoms with E-state index in [0.29, 0.717) is 18.0 Å². The lowest BCUT2D eigenvalue weighted by Crippen LogP contribution is -2.38. The van der Waals surface area contributed by atoms with Gasteiger partial charge in [-0.15, -0.1) is 0 Å². The van der Waals surface area contributed by atoms with E-state index in [1.807, 2.05) is 10.7 Å². The smallest absolute Gasteiger partial charge is 0.217 e.